The van der Waals surface area contributed by atoms with Gasteiger partial charge >= 0.3 is 0 Å². The van der Waals surface area contributed by atoms with Crippen LogP contribution in [0.25, 0.3) is 0 Å². The maximum atomic E-state index is 6.00. The quantitative estimate of drug-likeness (QED) is 0.785. The van der Waals surface area contributed by atoms with Crippen LogP contribution in [0.2, 0.25) is 5.02 Å². The van der Waals surface area contributed by atoms with Gasteiger partial charge in [-0.25, -0.2) is 0 Å². The van der Waals surface area contributed by atoms with Gasteiger partial charge in [0.05, 0.1) is 0 Å². The molecule has 0 aliphatic heterocycles. The summed E-state index contributed by atoms with van der Waals surface area (Å²) in [5.41, 5.74) is 2.55. The van der Waals surface area contributed by atoms with Crippen molar-refractivity contribution >= 4 is 11.6 Å². The molecule has 0 heterocycles. The van der Waals surface area contributed by atoms with Crippen LogP contribution >= 0.6 is 11.6 Å². The Bertz CT molecular complexity index is 281. The summed E-state index contributed by atoms with van der Waals surface area (Å²) in [6, 6.07) is 6.24. The van der Waals surface area contributed by atoms with Crippen molar-refractivity contribution in [2.75, 3.05) is 7.05 Å². The third-order valence-electron chi connectivity index (χ3n) is 2.03. The van der Waals surface area contributed by atoms with Crippen LogP contribution in [0.5, 0.6) is 0 Å². The Balaban J connectivity index is 2.96. The molecule has 2 heteroatoms. The highest BCUT2D eigenvalue weighted by molar-refractivity contribution is 6.30. The molecule has 1 aromatic rings. The van der Waals surface area contributed by atoms with Crippen molar-refractivity contribution in [3.05, 3.63) is 34.3 Å². The van der Waals surface area contributed by atoms with E-state index in [4.69, 9.17) is 11.6 Å². The molecule has 13 heavy (non-hydrogen) atoms. The Morgan fingerprint density at radius 2 is 2.00 bits per heavy atom. The largest absolute Gasteiger partial charge is 0.316 e. The van der Waals surface area contributed by atoms with Crippen molar-refractivity contribution in [3.8, 4) is 0 Å². The summed E-state index contributed by atoms with van der Waals surface area (Å²) < 4.78 is 0. The Kier molecular flexibility index (Phi) is 3.76. The van der Waals surface area contributed by atoms with Crippen LogP contribution in [-0.2, 0) is 6.54 Å². The average molecular weight is 198 g/mol. The fourth-order valence-corrected chi connectivity index (χ4v) is 1.58. The van der Waals surface area contributed by atoms with Crippen LogP contribution in [0.4, 0.5) is 0 Å². The van der Waals surface area contributed by atoms with E-state index in [-0.39, 0.29) is 0 Å². The third-order valence-corrected chi connectivity index (χ3v) is 2.25. The standard InChI is InChI=1S/C11H16ClN/c1-8(2)10-4-9(7-13-3)5-11(12)6-10/h4-6,8,13H,7H2,1-3H3. The fourth-order valence-electron chi connectivity index (χ4n) is 1.31. The smallest absolute Gasteiger partial charge is 0.0412 e. The first-order valence-electron chi connectivity index (χ1n) is 4.57. The zero-order chi connectivity index (χ0) is 9.84. The second-order valence-electron chi connectivity index (χ2n) is 3.58. The maximum Gasteiger partial charge on any atom is 0.0412 e. The van der Waals surface area contributed by atoms with Gasteiger partial charge in [-0.1, -0.05) is 31.5 Å². The lowest BCUT2D eigenvalue weighted by molar-refractivity contribution is 0.807. The van der Waals surface area contributed by atoms with Gasteiger partial charge in [0.1, 0.15) is 0 Å². The summed E-state index contributed by atoms with van der Waals surface area (Å²) in [6.45, 7) is 5.23. The first-order valence-corrected chi connectivity index (χ1v) is 4.95. The minimum absolute atomic E-state index is 0.536. The average Bonchev–Trinajstić information content (AvgIpc) is 2.03. The van der Waals surface area contributed by atoms with Crippen molar-refractivity contribution in [1.29, 1.82) is 0 Å². The SMILES string of the molecule is CNCc1cc(Cl)cc(C(C)C)c1. The van der Waals surface area contributed by atoms with E-state index in [0.717, 1.165) is 11.6 Å². The predicted molar refractivity (Wildman–Crippen MR) is 58.3 cm³/mol. The van der Waals surface area contributed by atoms with E-state index in [1.807, 2.05) is 19.2 Å². The monoisotopic (exact) mass is 197 g/mol. The molecule has 0 amide bonds. The van der Waals surface area contributed by atoms with Gasteiger partial charge in [0.25, 0.3) is 0 Å². The summed E-state index contributed by atoms with van der Waals surface area (Å²) in [6.07, 6.45) is 0. The summed E-state index contributed by atoms with van der Waals surface area (Å²) >= 11 is 6.00. The first kappa shape index (κ1) is 10.6. The van der Waals surface area contributed by atoms with Gasteiger partial charge in [-0.15, -0.1) is 0 Å². The van der Waals surface area contributed by atoms with Crippen LogP contribution in [-0.4, -0.2) is 7.05 Å². The zero-order valence-corrected chi connectivity index (χ0v) is 9.15. The lowest BCUT2D eigenvalue weighted by atomic mass is 10.0. The minimum atomic E-state index is 0.536. The lowest BCUT2D eigenvalue weighted by Gasteiger charge is -2.09. The Morgan fingerprint density at radius 1 is 1.31 bits per heavy atom. The molecule has 0 saturated heterocycles. The summed E-state index contributed by atoms with van der Waals surface area (Å²) in [7, 11) is 1.94. The van der Waals surface area contributed by atoms with Crippen molar-refractivity contribution in [2.45, 2.75) is 26.3 Å². The van der Waals surface area contributed by atoms with Crippen molar-refractivity contribution in [1.82, 2.24) is 5.32 Å². The molecular formula is C11H16ClN. The topological polar surface area (TPSA) is 12.0 Å². The van der Waals surface area contributed by atoms with Gasteiger partial charge in [-0.3, -0.25) is 0 Å². The number of nitrogens with one attached hydrogen (secondary N) is 1. The van der Waals surface area contributed by atoms with Crippen LogP contribution in [0, 0.1) is 0 Å². The molecule has 0 radical (unpaired) electrons. The van der Waals surface area contributed by atoms with Crippen LogP contribution < -0.4 is 5.32 Å². The van der Waals surface area contributed by atoms with Gasteiger partial charge in [0, 0.05) is 11.6 Å². The van der Waals surface area contributed by atoms with E-state index in [1.54, 1.807) is 0 Å². The van der Waals surface area contributed by atoms with E-state index >= 15 is 0 Å². The van der Waals surface area contributed by atoms with Gasteiger partial charge in [-0.2, -0.15) is 0 Å². The summed E-state index contributed by atoms with van der Waals surface area (Å²) in [5.74, 6) is 0.536. The fraction of sp³-hybridized carbons (Fsp3) is 0.455. The molecule has 0 saturated carbocycles. The molecule has 0 atom stereocenters. The van der Waals surface area contributed by atoms with Crippen molar-refractivity contribution in [3.63, 3.8) is 0 Å². The summed E-state index contributed by atoms with van der Waals surface area (Å²) in [4.78, 5) is 0. The van der Waals surface area contributed by atoms with E-state index in [0.29, 0.717) is 5.92 Å². The molecule has 1 nitrogen and oxygen atoms in total. The summed E-state index contributed by atoms with van der Waals surface area (Å²) in [5, 5.41) is 3.95. The van der Waals surface area contributed by atoms with E-state index in [9.17, 15) is 0 Å². The van der Waals surface area contributed by atoms with Crippen molar-refractivity contribution in [2.24, 2.45) is 0 Å². The minimum Gasteiger partial charge on any atom is -0.316 e. The first-order chi connectivity index (χ1) is 6.13. The molecule has 0 aromatic heterocycles. The number of halogens is 1. The number of hydrogen-bond donors (Lipinski definition) is 1. The number of benzene rings is 1. The van der Waals surface area contributed by atoms with Crippen molar-refractivity contribution < 1.29 is 0 Å². The molecule has 0 fully saturated rings. The normalized spacial score (nSPS) is 10.8. The number of hydrogen-bond acceptors (Lipinski definition) is 1. The molecule has 0 aliphatic rings. The maximum absolute atomic E-state index is 6.00. The number of rotatable bonds is 3. The Hall–Kier alpha value is -0.530. The Morgan fingerprint density at radius 3 is 2.54 bits per heavy atom. The van der Waals surface area contributed by atoms with Gasteiger partial charge < -0.3 is 5.32 Å². The molecule has 0 aliphatic carbocycles. The Labute approximate surface area is 85.1 Å². The molecule has 1 aromatic carbocycles. The third kappa shape index (κ3) is 3.02. The van der Waals surface area contributed by atoms with Crippen LogP contribution in [0.15, 0.2) is 18.2 Å². The zero-order valence-electron chi connectivity index (χ0n) is 8.39. The lowest BCUT2D eigenvalue weighted by Crippen LogP contribution is -2.05. The van der Waals surface area contributed by atoms with Gasteiger partial charge in [0.2, 0.25) is 0 Å². The highest BCUT2D eigenvalue weighted by atomic mass is 35.5. The molecule has 72 valence electrons. The van der Waals surface area contributed by atoms with Crippen LogP contribution in [0.1, 0.15) is 30.9 Å². The highest BCUT2D eigenvalue weighted by Crippen LogP contribution is 2.21. The highest BCUT2D eigenvalue weighted by Gasteiger charge is 2.02. The van der Waals surface area contributed by atoms with Gasteiger partial charge in [0.15, 0.2) is 0 Å². The molecule has 1 rings (SSSR count). The second-order valence-corrected chi connectivity index (χ2v) is 4.01. The van der Waals surface area contributed by atoms with E-state index < -0.39 is 0 Å². The molecular weight excluding hydrogens is 182 g/mol. The second kappa shape index (κ2) is 4.64. The van der Waals surface area contributed by atoms with E-state index in [1.165, 1.54) is 11.1 Å². The van der Waals surface area contributed by atoms with E-state index in [2.05, 4.69) is 25.2 Å². The van der Waals surface area contributed by atoms with Crippen LogP contribution in [0.3, 0.4) is 0 Å². The molecule has 0 unspecified atom stereocenters. The predicted octanol–water partition coefficient (Wildman–Crippen LogP) is 3.18. The molecule has 0 spiro atoms. The molecule has 0 bridgehead atoms. The molecule has 1 N–H and O–H groups in total. The van der Waals surface area contributed by atoms with Gasteiger partial charge in [-0.05, 0) is 36.2 Å².